The van der Waals surface area contributed by atoms with E-state index in [1.807, 2.05) is 6.92 Å². The number of aliphatic carboxylic acids is 1. The number of nitrogens with two attached hydrogens (primary N) is 1. The van der Waals surface area contributed by atoms with Crippen LogP contribution in [0.4, 0.5) is 0 Å². The van der Waals surface area contributed by atoms with Crippen LogP contribution in [0.2, 0.25) is 0 Å². The third kappa shape index (κ3) is 2.11. The molecular formula is C8H15N3O2. The van der Waals surface area contributed by atoms with E-state index in [9.17, 15) is 4.79 Å². The number of carboxylic acid groups (broad SMARTS) is 1. The fourth-order valence-corrected chi connectivity index (χ4v) is 1.48. The fourth-order valence-electron chi connectivity index (χ4n) is 1.48. The van der Waals surface area contributed by atoms with E-state index in [2.05, 4.69) is 4.99 Å². The molecule has 0 aromatic heterocycles. The van der Waals surface area contributed by atoms with Gasteiger partial charge in [0.1, 0.15) is 6.04 Å². The molecule has 0 aromatic carbocycles. The zero-order valence-corrected chi connectivity index (χ0v) is 7.73. The molecule has 1 aliphatic heterocycles. The Bertz CT molecular complexity index is 227. The minimum atomic E-state index is -0.831. The van der Waals surface area contributed by atoms with E-state index in [4.69, 9.17) is 10.8 Å². The first-order valence-electron chi connectivity index (χ1n) is 4.46. The van der Waals surface area contributed by atoms with Gasteiger partial charge >= 0.3 is 5.97 Å². The average molecular weight is 185 g/mol. The van der Waals surface area contributed by atoms with E-state index in [0.29, 0.717) is 25.5 Å². The Labute approximate surface area is 77.2 Å². The maximum Gasteiger partial charge on any atom is 0.326 e. The monoisotopic (exact) mass is 185 g/mol. The Hall–Kier alpha value is -1.26. The Morgan fingerprint density at radius 1 is 1.85 bits per heavy atom. The molecule has 1 heterocycles. The van der Waals surface area contributed by atoms with Gasteiger partial charge < -0.3 is 15.7 Å². The van der Waals surface area contributed by atoms with E-state index in [-0.39, 0.29) is 0 Å². The molecular weight excluding hydrogens is 170 g/mol. The van der Waals surface area contributed by atoms with Crippen LogP contribution in [-0.2, 0) is 4.79 Å². The van der Waals surface area contributed by atoms with Gasteiger partial charge in [-0.25, -0.2) is 4.79 Å². The molecule has 0 saturated carbocycles. The van der Waals surface area contributed by atoms with E-state index in [1.54, 1.807) is 4.90 Å². The first-order chi connectivity index (χ1) is 6.16. The molecule has 5 nitrogen and oxygen atoms in total. The van der Waals surface area contributed by atoms with Gasteiger partial charge in [-0.1, -0.05) is 6.92 Å². The molecule has 1 aliphatic rings. The van der Waals surface area contributed by atoms with E-state index >= 15 is 0 Å². The van der Waals surface area contributed by atoms with Crippen molar-refractivity contribution >= 4 is 11.9 Å². The minimum absolute atomic E-state index is 0.362. The summed E-state index contributed by atoms with van der Waals surface area (Å²) in [5, 5.41) is 8.89. The van der Waals surface area contributed by atoms with Gasteiger partial charge in [0.05, 0.1) is 0 Å². The summed E-state index contributed by atoms with van der Waals surface area (Å²) >= 11 is 0. The van der Waals surface area contributed by atoms with Crippen LogP contribution < -0.4 is 5.73 Å². The summed E-state index contributed by atoms with van der Waals surface area (Å²) in [5.74, 6) is -0.469. The molecule has 0 aliphatic carbocycles. The highest BCUT2D eigenvalue weighted by Gasteiger charge is 2.26. The number of carbonyl (C=O) groups is 1. The van der Waals surface area contributed by atoms with E-state index < -0.39 is 12.0 Å². The summed E-state index contributed by atoms with van der Waals surface area (Å²) in [7, 11) is 0. The molecule has 5 heteroatoms. The SMILES string of the molecule is CCC(C(=O)O)N1CCCN=C1N. The van der Waals surface area contributed by atoms with Gasteiger partial charge in [0.25, 0.3) is 0 Å². The van der Waals surface area contributed by atoms with Crippen molar-refractivity contribution in [3.8, 4) is 0 Å². The first kappa shape index (κ1) is 9.83. The first-order valence-corrected chi connectivity index (χ1v) is 4.46. The molecule has 0 saturated heterocycles. The second-order valence-corrected chi connectivity index (χ2v) is 3.05. The highest BCUT2D eigenvalue weighted by molar-refractivity contribution is 5.85. The summed E-state index contributed by atoms with van der Waals surface area (Å²) in [6.07, 6.45) is 1.43. The van der Waals surface area contributed by atoms with Crippen molar-refractivity contribution in [1.29, 1.82) is 0 Å². The number of aliphatic imine (C=N–C) groups is 1. The quantitative estimate of drug-likeness (QED) is 0.642. The molecule has 0 fully saturated rings. The summed E-state index contributed by atoms with van der Waals surface area (Å²) < 4.78 is 0. The molecule has 1 rings (SSSR count). The van der Waals surface area contributed by atoms with Crippen molar-refractivity contribution in [2.75, 3.05) is 13.1 Å². The standard InChI is InChI=1S/C8H15N3O2/c1-2-6(7(12)13)11-5-3-4-10-8(11)9/h6H,2-5H2,1H3,(H2,9,10)(H,12,13). The van der Waals surface area contributed by atoms with Crippen LogP contribution in [0.5, 0.6) is 0 Å². The third-order valence-electron chi connectivity index (χ3n) is 2.17. The van der Waals surface area contributed by atoms with Gasteiger partial charge in [0.15, 0.2) is 5.96 Å². The largest absolute Gasteiger partial charge is 0.480 e. The molecule has 74 valence electrons. The summed E-state index contributed by atoms with van der Waals surface area (Å²) in [5.41, 5.74) is 5.61. The van der Waals surface area contributed by atoms with Crippen LogP contribution in [0.25, 0.3) is 0 Å². The maximum absolute atomic E-state index is 10.8. The minimum Gasteiger partial charge on any atom is -0.480 e. The molecule has 0 bridgehead atoms. The van der Waals surface area contributed by atoms with Crippen molar-refractivity contribution in [3.05, 3.63) is 0 Å². The molecule has 3 N–H and O–H groups in total. The van der Waals surface area contributed by atoms with Crippen LogP contribution in [0.3, 0.4) is 0 Å². The molecule has 1 atom stereocenters. The lowest BCUT2D eigenvalue weighted by molar-refractivity contribution is -0.142. The molecule has 0 aromatic rings. The highest BCUT2D eigenvalue weighted by Crippen LogP contribution is 2.08. The topological polar surface area (TPSA) is 78.9 Å². The predicted octanol–water partition coefficient (Wildman–Crippen LogP) is -0.130. The Kier molecular flexibility index (Phi) is 3.11. The fraction of sp³-hybridized carbons (Fsp3) is 0.750. The molecule has 13 heavy (non-hydrogen) atoms. The molecule has 0 spiro atoms. The van der Waals surface area contributed by atoms with Gasteiger partial charge in [-0.3, -0.25) is 4.99 Å². The van der Waals surface area contributed by atoms with Gasteiger partial charge in [0.2, 0.25) is 0 Å². The lowest BCUT2D eigenvalue weighted by Crippen LogP contribution is -2.50. The second-order valence-electron chi connectivity index (χ2n) is 3.05. The number of hydrogen-bond donors (Lipinski definition) is 2. The lowest BCUT2D eigenvalue weighted by atomic mass is 10.2. The Morgan fingerprint density at radius 2 is 2.54 bits per heavy atom. The second kappa shape index (κ2) is 4.11. The number of guanidine groups is 1. The van der Waals surface area contributed by atoms with Gasteiger partial charge in [0, 0.05) is 13.1 Å². The van der Waals surface area contributed by atoms with Crippen LogP contribution in [-0.4, -0.2) is 41.1 Å². The number of carboxylic acids is 1. The normalized spacial score (nSPS) is 19.5. The smallest absolute Gasteiger partial charge is 0.326 e. The zero-order valence-electron chi connectivity index (χ0n) is 7.73. The zero-order chi connectivity index (χ0) is 9.84. The number of nitrogens with zero attached hydrogens (tertiary/aromatic N) is 2. The van der Waals surface area contributed by atoms with E-state index in [1.165, 1.54) is 0 Å². The summed E-state index contributed by atoms with van der Waals surface area (Å²) in [4.78, 5) is 16.5. The van der Waals surface area contributed by atoms with Crippen molar-refractivity contribution < 1.29 is 9.90 Å². The van der Waals surface area contributed by atoms with Gasteiger partial charge in [-0.05, 0) is 12.8 Å². The molecule has 0 radical (unpaired) electrons. The van der Waals surface area contributed by atoms with E-state index in [0.717, 1.165) is 6.42 Å². The van der Waals surface area contributed by atoms with Crippen LogP contribution in [0, 0.1) is 0 Å². The van der Waals surface area contributed by atoms with Crippen LogP contribution >= 0.6 is 0 Å². The molecule has 0 amide bonds. The number of hydrogen-bond acceptors (Lipinski definition) is 4. The van der Waals surface area contributed by atoms with Crippen molar-refractivity contribution in [2.24, 2.45) is 10.7 Å². The highest BCUT2D eigenvalue weighted by atomic mass is 16.4. The van der Waals surface area contributed by atoms with Gasteiger partial charge in [-0.15, -0.1) is 0 Å². The lowest BCUT2D eigenvalue weighted by Gasteiger charge is -2.31. The number of rotatable bonds is 3. The van der Waals surface area contributed by atoms with Crippen LogP contribution in [0.15, 0.2) is 4.99 Å². The predicted molar refractivity (Wildman–Crippen MR) is 49.5 cm³/mol. The van der Waals surface area contributed by atoms with Crippen molar-refractivity contribution in [3.63, 3.8) is 0 Å². The summed E-state index contributed by atoms with van der Waals surface area (Å²) in [6.45, 7) is 3.24. The Balaban J connectivity index is 2.72. The Morgan fingerprint density at radius 3 is 3.00 bits per heavy atom. The maximum atomic E-state index is 10.8. The van der Waals surface area contributed by atoms with Crippen molar-refractivity contribution in [2.45, 2.75) is 25.8 Å². The summed E-state index contributed by atoms with van der Waals surface area (Å²) in [6, 6.07) is -0.524. The molecule has 1 unspecified atom stereocenters. The van der Waals surface area contributed by atoms with Crippen molar-refractivity contribution in [1.82, 2.24) is 4.90 Å². The third-order valence-corrected chi connectivity index (χ3v) is 2.17. The average Bonchev–Trinajstić information content (AvgIpc) is 2.09. The van der Waals surface area contributed by atoms with Gasteiger partial charge in [-0.2, -0.15) is 0 Å². The van der Waals surface area contributed by atoms with Crippen LogP contribution in [0.1, 0.15) is 19.8 Å².